The Morgan fingerprint density at radius 3 is 2.93 bits per heavy atom. The molecule has 3 heterocycles. The van der Waals surface area contributed by atoms with Gasteiger partial charge in [-0.3, -0.25) is 4.79 Å². The first-order valence-electron chi connectivity index (χ1n) is 8.87. The lowest BCUT2D eigenvalue weighted by Gasteiger charge is -2.09. The number of hydrogen-bond donors (Lipinski definition) is 3. The predicted octanol–water partition coefficient (Wildman–Crippen LogP) is 2.89. The van der Waals surface area contributed by atoms with E-state index in [4.69, 9.17) is 5.73 Å². The van der Waals surface area contributed by atoms with Crippen LogP contribution in [0.15, 0.2) is 72.1 Å². The molecule has 0 aliphatic heterocycles. The number of aryl methyl sites for hydroxylation is 1. The van der Waals surface area contributed by atoms with Crippen molar-refractivity contribution in [3.63, 3.8) is 0 Å². The van der Waals surface area contributed by atoms with Gasteiger partial charge in [-0.05, 0) is 30.7 Å². The summed E-state index contributed by atoms with van der Waals surface area (Å²) in [4.78, 5) is 24.0. The Bertz CT molecular complexity index is 1250. The molecule has 4 rings (SSSR count). The summed E-state index contributed by atoms with van der Waals surface area (Å²) in [7, 11) is 0. The molecule has 0 radical (unpaired) electrons. The maximum atomic E-state index is 13.3. The van der Waals surface area contributed by atoms with Crippen LogP contribution in [0.3, 0.4) is 0 Å². The molecule has 0 saturated carbocycles. The van der Waals surface area contributed by atoms with Gasteiger partial charge in [0.1, 0.15) is 17.8 Å². The summed E-state index contributed by atoms with van der Waals surface area (Å²) < 4.78 is 15.1. The monoisotopic (exact) mass is 389 g/mol. The minimum Gasteiger partial charge on any atom is -0.383 e. The Balaban J connectivity index is 1.62. The number of imidazole rings is 1. The van der Waals surface area contributed by atoms with E-state index in [9.17, 15) is 9.18 Å². The maximum Gasteiger partial charge on any atom is 0.299 e. The summed E-state index contributed by atoms with van der Waals surface area (Å²) >= 11 is 0. The number of hydrogen-bond acceptors (Lipinski definition) is 3. The molecule has 3 aromatic heterocycles. The fourth-order valence-electron chi connectivity index (χ4n) is 2.90. The molecule has 4 aromatic rings. The third-order valence-electron chi connectivity index (χ3n) is 4.43. The number of aromatic nitrogens is 3. The van der Waals surface area contributed by atoms with Crippen molar-refractivity contribution >= 4 is 28.9 Å². The number of halogens is 1. The molecule has 0 aliphatic rings. The first kappa shape index (κ1) is 18.3. The van der Waals surface area contributed by atoms with Gasteiger partial charge >= 0.3 is 0 Å². The standard InChI is InChI=1S/C21H17FN6O/c1-13-5-6-14(20(23)27-18-11-15(22)7-8-24-18)10-16(13)26-21(29)17-12-25-19-4-2-3-9-28(17)19/h2-12H,1H3,(H3,23,24,26,27,29)/p+1. The normalized spacial score (nSPS) is 11.6. The van der Waals surface area contributed by atoms with Crippen LogP contribution in [-0.2, 0) is 0 Å². The van der Waals surface area contributed by atoms with E-state index in [1.165, 1.54) is 18.3 Å². The Morgan fingerprint density at radius 1 is 1.24 bits per heavy atom. The zero-order chi connectivity index (χ0) is 20.4. The minimum atomic E-state index is -0.445. The number of aromatic amines is 1. The van der Waals surface area contributed by atoms with Crippen LogP contribution in [0.2, 0.25) is 0 Å². The summed E-state index contributed by atoms with van der Waals surface area (Å²) in [5.41, 5.74) is 9.39. The molecule has 4 N–H and O–H groups in total. The first-order valence-corrected chi connectivity index (χ1v) is 8.87. The molecule has 0 fully saturated rings. The van der Waals surface area contributed by atoms with Crippen molar-refractivity contribution in [1.29, 1.82) is 0 Å². The van der Waals surface area contributed by atoms with E-state index >= 15 is 0 Å². The maximum absolute atomic E-state index is 13.3. The molecule has 29 heavy (non-hydrogen) atoms. The highest BCUT2D eigenvalue weighted by molar-refractivity contribution is 6.04. The van der Waals surface area contributed by atoms with Crippen LogP contribution in [0.4, 0.5) is 15.9 Å². The highest BCUT2D eigenvalue weighted by Gasteiger charge is 2.19. The van der Waals surface area contributed by atoms with Gasteiger partial charge in [0.2, 0.25) is 5.69 Å². The van der Waals surface area contributed by atoms with Crippen LogP contribution in [0.1, 0.15) is 21.6 Å². The Kier molecular flexibility index (Phi) is 4.74. The zero-order valence-corrected chi connectivity index (χ0v) is 15.6. The van der Waals surface area contributed by atoms with Gasteiger partial charge in [0, 0.05) is 29.6 Å². The lowest BCUT2D eigenvalue weighted by Crippen LogP contribution is -2.30. The average molecular weight is 389 g/mol. The van der Waals surface area contributed by atoms with E-state index in [2.05, 4.69) is 20.3 Å². The molecule has 1 aromatic carbocycles. The van der Waals surface area contributed by atoms with Crippen molar-refractivity contribution in [2.45, 2.75) is 6.92 Å². The van der Waals surface area contributed by atoms with Gasteiger partial charge in [0.15, 0.2) is 5.82 Å². The van der Waals surface area contributed by atoms with Gasteiger partial charge < -0.3 is 11.1 Å². The van der Waals surface area contributed by atoms with E-state index in [0.29, 0.717) is 16.9 Å². The topological polar surface area (TPSA) is 100 Å². The highest BCUT2D eigenvalue weighted by Crippen LogP contribution is 2.19. The van der Waals surface area contributed by atoms with E-state index < -0.39 is 5.82 Å². The number of aliphatic imine (C=N–C) groups is 1. The second-order valence-electron chi connectivity index (χ2n) is 6.44. The molecular formula is C21H18FN6O+. The number of pyridine rings is 2. The largest absolute Gasteiger partial charge is 0.383 e. The lowest BCUT2D eigenvalue weighted by atomic mass is 10.1. The Hall–Kier alpha value is -4.07. The van der Waals surface area contributed by atoms with Crippen LogP contribution < -0.4 is 15.5 Å². The van der Waals surface area contributed by atoms with Crippen molar-refractivity contribution in [3.8, 4) is 0 Å². The fourth-order valence-corrected chi connectivity index (χ4v) is 2.90. The van der Waals surface area contributed by atoms with Crippen LogP contribution in [0.5, 0.6) is 0 Å². The summed E-state index contributed by atoms with van der Waals surface area (Å²) in [5.74, 6) is -0.376. The molecule has 8 heteroatoms. The van der Waals surface area contributed by atoms with Crippen molar-refractivity contribution in [2.24, 2.45) is 10.7 Å². The predicted molar refractivity (Wildman–Crippen MR) is 108 cm³/mol. The van der Waals surface area contributed by atoms with Gasteiger partial charge in [-0.15, -0.1) is 0 Å². The summed E-state index contributed by atoms with van der Waals surface area (Å²) in [6.45, 7) is 1.88. The van der Waals surface area contributed by atoms with Crippen molar-refractivity contribution in [1.82, 2.24) is 9.97 Å². The van der Waals surface area contributed by atoms with Crippen molar-refractivity contribution < 1.29 is 13.6 Å². The first-order chi connectivity index (χ1) is 14.0. The highest BCUT2D eigenvalue weighted by atomic mass is 19.1. The molecule has 0 atom stereocenters. The average Bonchev–Trinajstić information content (AvgIpc) is 3.14. The number of amides is 1. The molecule has 0 bridgehead atoms. The minimum absolute atomic E-state index is 0.167. The second-order valence-corrected chi connectivity index (χ2v) is 6.44. The number of anilines is 1. The molecule has 7 nitrogen and oxygen atoms in total. The van der Waals surface area contributed by atoms with Crippen molar-refractivity contribution in [2.75, 3.05) is 5.32 Å². The number of nitrogens with two attached hydrogens (primary N) is 1. The number of H-pyrrole nitrogens is 1. The van der Waals surface area contributed by atoms with E-state index in [1.54, 1.807) is 28.9 Å². The summed E-state index contributed by atoms with van der Waals surface area (Å²) in [6, 6.07) is 13.4. The number of carbonyl (C=O) groups excluding carboxylic acids is 1. The molecular weight excluding hydrogens is 371 g/mol. The van der Waals surface area contributed by atoms with E-state index in [0.717, 1.165) is 11.2 Å². The number of carbonyl (C=O) groups is 1. The van der Waals surface area contributed by atoms with Crippen LogP contribution in [0.25, 0.3) is 5.65 Å². The second kappa shape index (κ2) is 7.51. The lowest BCUT2D eigenvalue weighted by molar-refractivity contribution is -0.512. The number of nitrogens with one attached hydrogen (secondary N) is 2. The van der Waals surface area contributed by atoms with Gasteiger partial charge in [0.05, 0.1) is 6.20 Å². The molecule has 0 spiro atoms. The molecule has 0 aliphatic carbocycles. The van der Waals surface area contributed by atoms with E-state index in [1.807, 2.05) is 31.2 Å². The molecule has 0 unspecified atom stereocenters. The molecule has 144 valence electrons. The summed E-state index contributed by atoms with van der Waals surface area (Å²) in [5, 5.41) is 2.91. The van der Waals surface area contributed by atoms with Crippen LogP contribution >= 0.6 is 0 Å². The van der Waals surface area contributed by atoms with Crippen molar-refractivity contribution in [3.05, 3.63) is 89.8 Å². The fraction of sp³-hybridized carbons (Fsp3) is 0.0476. The number of amidine groups is 1. The van der Waals surface area contributed by atoms with Gasteiger partial charge in [-0.2, -0.15) is 4.40 Å². The molecule has 1 amide bonds. The van der Waals surface area contributed by atoms with Crippen LogP contribution in [-0.4, -0.2) is 21.7 Å². The number of benzene rings is 1. The Labute approximate surface area is 165 Å². The van der Waals surface area contributed by atoms with E-state index in [-0.39, 0.29) is 17.6 Å². The zero-order valence-electron chi connectivity index (χ0n) is 15.6. The smallest absolute Gasteiger partial charge is 0.299 e. The van der Waals surface area contributed by atoms with Crippen LogP contribution in [0, 0.1) is 12.7 Å². The number of nitrogens with zero attached hydrogens (tertiary/aromatic N) is 3. The third kappa shape index (κ3) is 3.81. The SMILES string of the molecule is Cc1ccc(C(N)=Nc2cc(F)ccn2)cc1NC(=O)c1c[nH]c2cccc[n+]12. The van der Waals surface area contributed by atoms with Gasteiger partial charge in [-0.25, -0.2) is 19.4 Å². The Morgan fingerprint density at radius 2 is 2.10 bits per heavy atom. The van der Waals surface area contributed by atoms with Gasteiger partial charge in [0.25, 0.3) is 11.6 Å². The quantitative estimate of drug-likeness (QED) is 0.284. The third-order valence-corrected chi connectivity index (χ3v) is 4.43. The van der Waals surface area contributed by atoms with Gasteiger partial charge in [-0.1, -0.05) is 18.2 Å². The number of fused-ring (bicyclic) bond motifs is 1. The molecule has 0 saturated heterocycles. The number of rotatable bonds is 4. The summed E-state index contributed by atoms with van der Waals surface area (Å²) in [6.07, 6.45) is 4.77.